The quantitative estimate of drug-likeness (QED) is 0.574. The largest absolute Gasteiger partial charge is 0.494 e. The van der Waals surface area contributed by atoms with E-state index in [1.165, 1.54) is 10.5 Å². The van der Waals surface area contributed by atoms with Crippen LogP contribution in [-0.4, -0.2) is 61.4 Å². The number of amides is 2. The first-order chi connectivity index (χ1) is 16.0. The molecule has 2 heterocycles. The molecule has 0 aliphatic carbocycles. The first kappa shape index (κ1) is 23.1. The van der Waals surface area contributed by atoms with Gasteiger partial charge in [-0.05, 0) is 62.2 Å². The van der Waals surface area contributed by atoms with Crippen molar-refractivity contribution in [1.82, 2.24) is 9.80 Å². The zero-order valence-corrected chi connectivity index (χ0v) is 19.8. The van der Waals surface area contributed by atoms with Gasteiger partial charge in [-0.3, -0.25) is 9.59 Å². The number of ether oxygens (including phenoxy) is 1. The van der Waals surface area contributed by atoms with Gasteiger partial charge in [-0.15, -0.1) is 0 Å². The van der Waals surface area contributed by atoms with Crippen LogP contribution in [0.3, 0.4) is 0 Å². The van der Waals surface area contributed by atoms with Crippen LogP contribution in [0.15, 0.2) is 54.2 Å². The summed E-state index contributed by atoms with van der Waals surface area (Å²) < 4.78 is 5.56. The van der Waals surface area contributed by atoms with Crippen LogP contribution in [0.2, 0.25) is 0 Å². The number of hydrogen-bond donors (Lipinski definition) is 0. The topological polar surface area (TPSA) is 53.1 Å². The van der Waals surface area contributed by atoms with Gasteiger partial charge in [0.2, 0.25) is 0 Å². The molecule has 2 aliphatic heterocycles. The fourth-order valence-electron chi connectivity index (χ4n) is 4.41. The van der Waals surface area contributed by atoms with Gasteiger partial charge in [-0.1, -0.05) is 37.6 Å². The third-order valence-electron chi connectivity index (χ3n) is 6.35. The van der Waals surface area contributed by atoms with Gasteiger partial charge in [0, 0.05) is 26.2 Å². The van der Waals surface area contributed by atoms with Crippen LogP contribution in [-0.2, 0) is 16.0 Å². The molecule has 6 heteroatoms. The Morgan fingerprint density at radius 2 is 1.52 bits per heavy atom. The Kier molecular flexibility index (Phi) is 7.14. The van der Waals surface area contributed by atoms with Crippen molar-refractivity contribution in [2.24, 2.45) is 0 Å². The maximum Gasteiger partial charge on any atom is 0.282 e. The highest BCUT2D eigenvalue weighted by Gasteiger charge is 2.42. The summed E-state index contributed by atoms with van der Waals surface area (Å²) in [6.07, 6.45) is 3.26. The van der Waals surface area contributed by atoms with Gasteiger partial charge in [0.05, 0.1) is 17.9 Å². The molecular formula is C27H33N3O3. The van der Waals surface area contributed by atoms with Crippen LogP contribution in [0.1, 0.15) is 37.8 Å². The van der Waals surface area contributed by atoms with E-state index >= 15 is 0 Å². The molecule has 2 amide bonds. The molecular weight excluding hydrogens is 414 g/mol. The molecule has 0 atom stereocenters. The van der Waals surface area contributed by atoms with Crippen LogP contribution >= 0.6 is 0 Å². The molecule has 0 radical (unpaired) electrons. The zero-order valence-electron chi connectivity index (χ0n) is 19.8. The van der Waals surface area contributed by atoms with Crippen molar-refractivity contribution in [2.45, 2.75) is 33.1 Å². The molecule has 2 aliphatic rings. The second-order valence-corrected chi connectivity index (χ2v) is 8.69. The summed E-state index contributed by atoms with van der Waals surface area (Å²) >= 11 is 0. The minimum atomic E-state index is -0.264. The number of unbranched alkanes of at least 4 members (excludes halogenated alkanes) is 1. The van der Waals surface area contributed by atoms with Crippen LogP contribution in [0.5, 0.6) is 5.75 Å². The third kappa shape index (κ3) is 4.81. The van der Waals surface area contributed by atoms with Gasteiger partial charge in [0.1, 0.15) is 11.4 Å². The van der Waals surface area contributed by atoms with Gasteiger partial charge in [0.25, 0.3) is 11.8 Å². The molecule has 0 spiro atoms. The summed E-state index contributed by atoms with van der Waals surface area (Å²) in [6, 6.07) is 15.3. The highest BCUT2D eigenvalue weighted by Crippen LogP contribution is 2.35. The number of piperazine rings is 1. The van der Waals surface area contributed by atoms with Crippen LogP contribution in [0, 0.1) is 0 Å². The molecule has 0 N–H and O–H groups in total. The number of aryl methyl sites for hydroxylation is 1. The van der Waals surface area contributed by atoms with E-state index in [-0.39, 0.29) is 11.8 Å². The zero-order chi connectivity index (χ0) is 23.4. The number of carbonyl (C=O) groups is 2. The van der Waals surface area contributed by atoms with E-state index in [0.717, 1.165) is 56.8 Å². The second-order valence-electron chi connectivity index (χ2n) is 8.69. The molecule has 4 rings (SSSR count). The van der Waals surface area contributed by atoms with E-state index in [4.69, 9.17) is 4.74 Å². The Balaban J connectivity index is 1.69. The smallest absolute Gasteiger partial charge is 0.282 e. The molecule has 174 valence electrons. The second kappa shape index (κ2) is 10.2. The maximum absolute atomic E-state index is 13.7. The molecule has 0 aromatic heterocycles. The monoisotopic (exact) mass is 447 g/mol. The SMILES string of the molecule is CCCCc1ccc(N2C(=O)C(c3ccc(OCC)cc3)=C(N3CCN(C)CC3)C2=O)cc1. The van der Waals surface area contributed by atoms with Crippen molar-refractivity contribution in [2.75, 3.05) is 44.7 Å². The summed E-state index contributed by atoms with van der Waals surface area (Å²) in [6.45, 7) is 7.83. The molecule has 0 bridgehead atoms. The highest BCUT2D eigenvalue weighted by molar-refractivity contribution is 6.45. The van der Waals surface area contributed by atoms with Crippen molar-refractivity contribution in [1.29, 1.82) is 0 Å². The summed E-state index contributed by atoms with van der Waals surface area (Å²) in [4.78, 5) is 33.0. The predicted octanol–water partition coefficient (Wildman–Crippen LogP) is 3.96. The number of carbonyl (C=O) groups excluding carboxylic acids is 2. The van der Waals surface area contributed by atoms with E-state index in [2.05, 4.69) is 23.8 Å². The first-order valence-corrected chi connectivity index (χ1v) is 11.9. The van der Waals surface area contributed by atoms with Crippen molar-refractivity contribution in [3.05, 3.63) is 65.4 Å². The summed E-state index contributed by atoms with van der Waals surface area (Å²) in [7, 11) is 2.08. The van der Waals surface area contributed by atoms with Gasteiger partial charge < -0.3 is 14.5 Å². The van der Waals surface area contributed by atoms with Gasteiger partial charge in [-0.2, -0.15) is 0 Å². The van der Waals surface area contributed by atoms with Gasteiger partial charge >= 0.3 is 0 Å². The lowest BCUT2D eigenvalue weighted by atomic mass is 10.0. The molecule has 6 nitrogen and oxygen atoms in total. The van der Waals surface area contributed by atoms with E-state index in [9.17, 15) is 9.59 Å². The van der Waals surface area contributed by atoms with Gasteiger partial charge in [-0.25, -0.2) is 4.90 Å². The minimum Gasteiger partial charge on any atom is -0.494 e. The average Bonchev–Trinajstić information content (AvgIpc) is 3.09. The summed E-state index contributed by atoms with van der Waals surface area (Å²) in [5, 5.41) is 0. The minimum absolute atomic E-state index is 0.241. The molecule has 33 heavy (non-hydrogen) atoms. The van der Waals surface area contributed by atoms with E-state index in [1.54, 1.807) is 0 Å². The third-order valence-corrected chi connectivity index (χ3v) is 6.35. The molecule has 2 aromatic carbocycles. The number of hydrogen-bond acceptors (Lipinski definition) is 5. The highest BCUT2D eigenvalue weighted by atomic mass is 16.5. The normalized spacial score (nSPS) is 17.3. The Morgan fingerprint density at radius 3 is 2.12 bits per heavy atom. The number of rotatable bonds is 8. The van der Waals surface area contributed by atoms with E-state index in [1.807, 2.05) is 55.5 Å². The Hall–Kier alpha value is -3.12. The first-order valence-electron chi connectivity index (χ1n) is 11.9. The Bertz CT molecular complexity index is 1020. The average molecular weight is 448 g/mol. The number of benzene rings is 2. The number of likely N-dealkylation sites (N-methyl/N-ethyl adjacent to an activating group) is 1. The lowest BCUT2D eigenvalue weighted by Gasteiger charge is -2.34. The lowest BCUT2D eigenvalue weighted by Crippen LogP contribution is -2.46. The summed E-state index contributed by atoms with van der Waals surface area (Å²) in [5.41, 5.74) is 3.57. The predicted molar refractivity (Wildman–Crippen MR) is 131 cm³/mol. The van der Waals surface area contributed by atoms with Crippen LogP contribution < -0.4 is 9.64 Å². The molecule has 1 saturated heterocycles. The van der Waals surface area contributed by atoms with Crippen LogP contribution in [0.4, 0.5) is 5.69 Å². The van der Waals surface area contributed by atoms with Crippen molar-refractivity contribution in [3.8, 4) is 5.75 Å². The van der Waals surface area contributed by atoms with E-state index < -0.39 is 0 Å². The van der Waals surface area contributed by atoms with Crippen LogP contribution in [0.25, 0.3) is 5.57 Å². The molecule has 0 unspecified atom stereocenters. The fourth-order valence-corrected chi connectivity index (χ4v) is 4.41. The molecule has 0 saturated carbocycles. The molecule has 2 aromatic rings. The van der Waals surface area contributed by atoms with Crippen molar-refractivity contribution >= 4 is 23.1 Å². The number of anilines is 1. The van der Waals surface area contributed by atoms with E-state index in [0.29, 0.717) is 23.6 Å². The fraction of sp³-hybridized carbons (Fsp3) is 0.407. The lowest BCUT2D eigenvalue weighted by molar-refractivity contribution is -0.120. The Morgan fingerprint density at radius 1 is 0.848 bits per heavy atom. The number of imide groups is 1. The summed E-state index contributed by atoms with van der Waals surface area (Å²) in [5.74, 6) is 0.244. The number of nitrogens with zero attached hydrogens (tertiary/aromatic N) is 3. The van der Waals surface area contributed by atoms with Crippen molar-refractivity contribution in [3.63, 3.8) is 0 Å². The molecule has 1 fully saturated rings. The van der Waals surface area contributed by atoms with Gasteiger partial charge in [0.15, 0.2) is 0 Å². The maximum atomic E-state index is 13.7. The Labute approximate surface area is 196 Å². The standard InChI is InChI=1S/C27H33N3O3/c1-4-6-7-20-8-12-22(13-9-20)30-26(31)24(21-10-14-23(15-11-21)33-5-2)25(27(30)32)29-18-16-28(3)17-19-29/h8-15H,4-7,16-19H2,1-3H3. The van der Waals surface area contributed by atoms with Crippen molar-refractivity contribution < 1.29 is 14.3 Å².